The molecule has 0 N–H and O–H groups in total. The SMILES string of the molecule is c1ccc(-c2cc3c(c4c2oc2ccccc24)-c2c(cc(-c4ccc(-c5cccc6ccccc56)cc4)c4c2oc2ccccc24)CC3)cc1. The van der Waals surface area contributed by atoms with Crippen molar-refractivity contribution in [2.24, 2.45) is 0 Å². The summed E-state index contributed by atoms with van der Waals surface area (Å²) in [4.78, 5) is 0. The van der Waals surface area contributed by atoms with Crippen LogP contribution in [-0.4, -0.2) is 0 Å². The van der Waals surface area contributed by atoms with Crippen LogP contribution in [0.5, 0.6) is 0 Å². The molecule has 0 fully saturated rings. The molecule has 2 nitrogen and oxygen atoms in total. The predicted octanol–water partition coefficient (Wildman–Crippen LogP) is 13.4. The maximum atomic E-state index is 6.93. The van der Waals surface area contributed by atoms with E-state index in [1.807, 2.05) is 0 Å². The summed E-state index contributed by atoms with van der Waals surface area (Å²) < 4.78 is 13.7. The molecule has 0 amide bonds. The lowest BCUT2D eigenvalue weighted by molar-refractivity contribution is 0.668. The van der Waals surface area contributed by atoms with Crippen molar-refractivity contribution in [2.75, 3.05) is 0 Å². The molecule has 2 heterocycles. The molecule has 234 valence electrons. The number of hydrogen-bond acceptors (Lipinski definition) is 2. The molecular weight excluding hydrogens is 609 g/mol. The number of aryl methyl sites for hydroxylation is 2. The summed E-state index contributed by atoms with van der Waals surface area (Å²) in [5.41, 5.74) is 16.0. The van der Waals surface area contributed by atoms with Crippen LogP contribution in [0.3, 0.4) is 0 Å². The Morgan fingerprint density at radius 1 is 0.360 bits per heavy atom. The van der Waals surface area contributed by atoms with E-state index in [1.54, 1.807) is 0 Å². The Labute approximate surface area is 288 Å². The molecular formula is C48H30O2. The highest BCUT2D eigenvalue weighted by Crippen LogP contribution is 2.52. The van der Waals surface area contributed by atoms with Crippen molar-refractivity contribution in [1.82, 2.24) is 0 Å². The van der Waals surface area contributed by atoms with Crippen molar-refractivity contribution in [3.8, 4) is 44.5 Å². The molecule has 0 saturated carbocycles. The van der Waals surface area contributed by atoms with Crippen LogP contribution in [0.2, 0.25) is 0 Å². The van der Waals surface area contributed by atoms with Gasteiger partial charge < -0.3 is 8.83 Å². The Morgan fingerprint density at radius 3 is 1.66 bits per heavy atom. The zero-order chi connectivity index (χ0) is 32.8. The van der Waals surface area contributed by atoms with Crippen LogP contribution in [0.4, 0.5) is 0 Å². The van der Waals surface area contributed by atoms with E-state index >= 15 is 0 Å². The molecule has 0 spiro atoms. The normalized spacial score (nSPS) is 12.6. The first-order valence-electron chi connectivity index (χ1n) is 17.4. The van der Waals surface area contributed by atoms with E-state index in [1.165, 1.54) is 66.2 Å². The van der Waals surface area contributed by atoms with E-state index in [2.05, 4.69) is 158 Å². The minimum Gasteiger partial charge on any atom is -0.455 e. The van der Waals surface area contributed by atoms with Crippen LogP contribution in [0, 0.1) is 0 Å². The summed E-state index contributed by atoms with van der Waals surface area (Å²) in [6.07, 6.45) is 1.88. The molecule has 1 aliphatic carbocycles. The van der Waals surface area contributed by atoms with Crippen LogP contribution >= 0.6 is 0 Å². The minimum absolute atomic E-state index is 0.906. The fourth-order valence-corrected chi connectivity index (χ4v) is 8.50. The second-order valence-electron chi connectivity index (χ2n) is 13.5. The van der Waals surface area contributed by atoms with Gasteiger partial charge in [0.25, 0.3) is 0 Å². The molecule has 2 heteroatoms. The minimum atomic E-state index is 0.906. The molecule has 0 aliphatic heterocycles. The van der Waals surface area contributed by atoms with Crippen molar-refractivity contribution in [2.45, 2.75) is 12.8 Å². The Hall–Kier alpha value is -6.38. The molecule has 50 heavy (non-hydrogen) atoms. The molecule has 11 rings (SSSR count). The topological polar surface area (TPSA) is 26.3 Å². The molecule has 0 atom stereocenters. The van der Waals surface area contributed by atoms with Crippen molar-refractivity contribution in [3.63, 3.8) is 0 Å². The van der Waals surface area contributed by atoms with E-state index in [0.717, 1.165) is 56.9 Å². The number of benzene rings is 8. The summed E-state index contributed by atoms with van der Waals surface area (Å²) in [6.45, 7) is 0. The van der Waals surface area contributed by atoms with E-state index in [9.17, 15) is 0 Å². The van der Waals surface area contributed by atoms with E-state index in [0.29, 0.717) is 0 Å². The van der Waals surface area contributed by atoms with Gasteiger partial charge in [-0.15, -0.1) is 0 Å². The summed E-state index contributed by atoms with van der Waals surface area (Å²) in [7, 11) is 0. The molecule has 10 aromatic rings. The van der Waals surface area contributed by atoms with Gasteiger partial charge in [0.05, 0.1) is 0 Å². The van der Waals surface area contributed by atoms with Gasteiger partial charge in [0.15, 0.2) is 0 Å². The third kappa shape index (κ3) is 3.96. The van der Waals surface area contributed by atoms with Crippen LogP contribution < -0.4 is 0 Å². The third-order valence-electron chi connectivity index (χ3n) is 10.8. The van der Waals surface area contributed by atoms with E-state index < -0.39 is 0 Å². The number of fused-ring (bicyclic) bond motifs is 12. The smallest absolute Gasteiger partial charge is 0.144 e. The quantitative estimate of drug-likeness (QED) is 0.192. The Morgan fingerprint density at radius 2 is 0.900 bits per heavy atom. The number of furan rings is 2. The fraction of sp³-hybridized carbons (Fsp3) is 0.0417. The zero-order valence-corrected chi connectivity index (χ0v) is 27.2. The van der Waals surface area contributed by atoms with Gasteiger partial charge in [-0.25, -0.2) is 0 Å². The Bertz CT molecular complexity index is 2950. The monoisotopic (exact) mass is 638 g/mol. The summed E-state index contributed by atoms with van der Waals surface area (Å²) in [6, 6.07) is 56.7. The standard InChI is InChI=1S/C48H30O2/c1-2-11-30(12-3-1)40-28-33-25-26-34-27-39(32-23-21-31(22-24-32)36-18-10-14-29-13-4-5-15-35(29)36)45-37-16-6-8-19-41(37)50-48(45)44(34)43(33)46-38-17-7-9-20-42(38)49-47(40)46/h1-24,27-28H,25-26H2. The average molecular weight is 639 g/mol. The molecule has 0 radical (unpaired) electrons. The lowest BCUT2D eigenvalue weighted by Gasteiger charge is -2.24. The summed E-state index contributed by atoms with van der Waals surface area (Å²) in [5, 5.41) is 7.14. The van der Waals surface area contributed by atoms with Gasteiger partial charge in [-0.1, -0.05) is 133 Å². The summed E-state index contributed by atoms with van der Waals surface area (Å²) in [5.74, 6) is 0. The van der Waals surface area contributed by atoms with Crippen LogP contribution in [0.15, 0.2) is 167 Å². The van der Waals surface area contributed by atoms with Gasteiger partial charge in [0, 0.05) is 38.2 Å². The molecule has 2 aromatic heterocycles. The first kappa shape index (κ1) is 27.6. The van der Waals surface area contributed by atoms with E-state index in [-0.39, 0.29) is 0 Å². The van der Waals surface area contributed by atoms with Gasteiger partial charge >= 0.3 is 0 Å². The van der Waals surface area contributed by atoms with Crippen molar-refractivity contribution < 1.29 is 8.83 Å². The lowest BCUT2D eigenvalue weighted by Crippen LogP contribution is -2.06. The Balaban J connectivity index is 1.18. The fourth-order valence-electron chi connectivity index (χ4n) is 8.50. The molecule has 8 aromatic carbocycles. The first-order chi connectivity index (χ1) is 24.8. The zero-order valence-electron chi connectivity index (χ0n) is 27.2. The van der Waals surface area contributed by atoms with Gasteiger partial charge in [-0.05, 0) is 86.8 Å². The molecule has 1 aliphatic rings. The molecule has 0 bridgehead atoms. The van der Waals surface area contributed by atoms with Crippen LogP contribution in [0.25, 0.3) is 99.2 Å². The van der Waals surface area contributed by atoms with Gasteiger partial charge in [0.2, 0.25) is 0 Å². The first-order valence-corrected chi connectivity index (χ1v) is 17.4. The number of para-hydroxylation sites is 2. The number of rotatable bonds is 3. The van der Waals surface area contributed by atoms with Gasteiger partial charge in [-0.3, -0.25) is 0 Å². The van der Waals surface area contributed by atoms with Crippen molar-refractivity contribution in [3.05, 3.63) is 169 Å². The lowest BCUT2D eigenvalue weighted by atomic mass is 9.79. The van der Waals surface area contributed by atoms with Crippen LogP contribution in [-0.2, 0) is 12.8 Å². The number of hydrogen-bond donors (Lipinski definition) is 0. The predicted molar refractivity (Wildman–Crippen MR) is 208 cm³/mol. The highest BCUT2D eigenvalue weighted by atomic mass is 16.3. The second-order valence-corrected chi connectivity index (χ2v) is 13.5. The Kier molecular flexibility index (Phi) is 5.82. The molecule has 0 saturated heterocycles. The third-order valence-corrected chi connectivity index (χ3v) is 10.8. The maximum absolute atomic E-state index is 6.93. The second kappa shape index (κ2) is 10.6. The van der Waals surface area contributed by atoms with Crippen LogP contribution in [0.1, 0.15) is 11.1 Å². The highest BCUT2D eigenvalue weighted by molar-refractivity contribution is 6.23. The van der Waals surface area contributed by atoms with E-state index in [4.69, 9.17) is 8.83 Å². The van der Waals surface area contributed by atoms with Gasteiger partial charge in [0.1, 0.15) is 22.3 Å². The molecule has 0 unspecified atom stereocenters. The van der Waals surface area contributed by atoms with Crippen molar-refractivity contribution >= 4 is 54.6 Å². The van der Waals surface area contributed by atoms with Crippen molar-refractivity contribution in [1.29, 1.82) is 0 Å². The van der Waals surface area contributed by atoms with Gasteiger partial charge in [-0.2, -0.15) is 0 Å². The maximum Gasteiger partial charge on any atom is 0.144 e. The average Bonchev–Trinajstić information content (AvgIpc) is 3.77. The largest absolute Gasteiger partial charge is 0.455 e. The highest BCUT2D eigenvalue weighted by Gasteiger charge is 2.30. The summed E-state index contributed by atoms with van der Waals surface area (Å²) >= 11 is 0.